The molecule has 0 amide bonds. The molecule has 0 aliphatic heterocycles. The standard InChI is InChI=1S/C11H13ClO3/c1-8-3-4-9(6-12)10(5-8)15-7-11(13)14-2/h3-5H,6-7H2,1-2H3. The molecule has 0 radical (unpaired) electrons. The second-order valence-electron chi connectivity index (χ2n) is 3.11. The Morgan fingerprint density at radius 1 is 1.47 bits per heavy atom. The van der Waals surface area contributed by atoms with Gasteiger partial charge in [-0.1, -0.05) is 12.1 Å². The van der Waals surface area contributed by atoms with Crippen molar-refractivity contribution >= 4 is 17.6 Å². The van der Waals surface area contributed by atoms with Gasteiger partial charge in [-0.2, -0.15) is 0 Å². The van der Waals surface area contributed by atoms with E-state index >= 15 is 0 Å². The Balaban J connectivity index is 2.74. The molecule has 0 bridgehead atoms. The molecule has 0 unspecified atom stereocenters. The molecule has 0 aliphatic rings. The Morgan fingerprint density at radius 2 is 2.20 bits per heavy atom. The van der Waals surface area contributed by atoms with Crippen LogP contribution in [0.3, 0.4) is 0 Å². The summed E-state index contributed by atoms with van der Waals surface area (Å²) in [5, 5.41) is 0. The van der Waals surface area contributed by atoms with Crippen molar-refractivity contribution in [2.24, 2.45) is 0 Å². The zero-order valence-corrected chi connectivity index (χ0v) is 9.50. The Hall–Kier alpha value is -1.22. The molecule has 0 aliphatic carbocycles. The zero-order chi connectivity index (χ0) is 11.3. The number of hydrogen-bond acceptors (Lipinski definition) is 3. The molecule has 82 valence electrons. The van der Waals surface area contributed by atoms with E-state index in [1.54, 1.807) is 0 Å². The minimum atomic E-state index is -0.406. The number of aryl methyl sites for hydroxylation is 1. The molecule has 15 heavy (non-hydrogen) atoms. The molecule has 1 aromatic rings. The zero-order valence-electron chi connectivity index (χ0n) is 8.75. The van der Waals surface area contributed by atoms with E-state index in [4.69, 9.17) is 16.3 Å². The Bertz CT molecular complexity index is 350. The molecular formula is C11H13ClO3. The summed E-state index contributed by atoms with van der Waals surface area (Å²) in [5.41, 5.74) is 1.93. The Labute approximate surface area is 93.9 Å². The van der Waals surface area contributed by atoms with E-state index in [0.717, 1.165) is 11.1 Å². The van der Waals surface area contributed by atoms with Gasteiger partial charge in [0.15, 0.2) is 6.61 Å². The van der Waals surface area contributed by atoms with Crippen LogP contribution in [0, 0.1) is 6.92 Å². The molecule has 0 saturated carbocycles. The van der Waals surface area contributed by atoms with Gasteiger partial charge in [-0.05, 0) is 18.6 Å². The lowest BCUT2D eigenvalue weighted by Crippen LogP contribution is -2.13. The van der Waals surface area contributed by atoms with Crippen LogP contribution in [-0.2, 0) is 15.4 Å². The highest BCUT2D eigenvalue weighted by Crippen LogP contribution is 2.21. The van der Waals surface area contributed by atoms with Crippen molar-refractivity contribution in [2.45, 2.75) is 12.8 Å². The first-order valence-corrected chi connectivity index (χ1v) is 5.06. The van der Waals surface area contributed by atoms with E-state index in [0.29, 0.717) is 11.6 Å². The number of ether oxygens (including phenoxy) is 2. The first-order valence-electron chi connectivity index (χ1n) is 4.52. The molecule has 1 aromatic carbocycles. The van der Waals surface area contributed by atoms with Crippen molar-refractivity contribution < 1.29 is 14.3 Å². The second-order valence-corrected chi connectivity index (χ2v) is 3.38. The first kappa shape index (κ1) is 11.9. The fourth-order valence-corrected chi connectivity index (χ4v) is 1.32. The smallest absolute Gasteiger partial charge is 0.343 e. The summed E-state index contributed by atoms with van der Waals surface area (Å²) >= 11 is 5.74. The lowest BCUT2D eigenvalue weighted by atomic mass is 10.1. The number of methoxy groups -OCH3 is 1. The largest absolute Gasteiger partial charge is 0.482 e. The third-order valence-electron chi connectivity index (χ3n) is 1.94. The molecule has 1 rings (SSSR count). The molecule has 3 nitrogen and oxygen atoms in total. The molecular weight excluding hydrogens is 216 g/mol. The highest BCUT2D eigenvalue weighted by atomic mass is 35.5. The highest BCUT2D eigenvalue weighted by molar-refractivity contribution is 6.17. The number of hydrogen-bond donors (Lipinski definition) is 0. The summed E-state index contributed by atoms with van der Waals surface area (Å²) < 4.78 is 9.78. The van der Waals surface area contributed by atoms with Gasteiger partial charge in [-0.3, -0.25) is 0 Å². The van der Waals surface area contributed by atoms with E-state index in [1.807, 2.05) is 25.1 Å². The number of benzene rings is 1. The van der Waals surface area contributed by atoms with Crippen molar-refractivity contribution in [3.8, 4) is 5.75 Å². The summed E-state index contributed by atoms with van der Waals surface area (Å²) in [4.78, 5) is 10.9. The van der Waals surface area contributed by atoms with E-state index in [1.165, 1.54) is 7.11 Å². The molecule has 0 N–H and O–H groups in total. The average Bonchev–Trinajstić information content (AvgIpc) is 2.26. The minimum absolute atomic E-state index is 0.0934. The fraction of sp³-hybridized carbons (Fsp3) is 0.364. The van der Waals surface area contributed by atoms with Gasteiger partial charge in [0.05, 0.1) is 13.0 Å². The van der Waals surface area contributed by atoms with Crippen LogP contribution in [0.5, 0.6) is 5.75 Å². The molecule has 0 heterocycles. The van der Waals surface area contributed by atoms with Crippen molar-refractivity contribution in [3.63, 3.8) is 0 Å². The lowest BCUT2D eigenvalue weighted by molar-refractivity contribution is -0.142. The first-order chi connectivity index (χ1) is 7.17. The topological polar surface area (TPSA) is 35.5 Å². The van der Waals surface area contributed by atoms with Crippen LogP contribution in [0.2, 0.25) is 0 Å². The molecule has 0 fully saturated rings. The number of esters is 1. The minimum Gasteiger partial charge on any atom is -0.482 e. The van der Waals surface area contributed by atoms with Crippen molar-refractivity contribution in [1.29, 1.82) is 0 Å². The summed E-state index contributed by atoms with van der Waals surface area (Å²) in [6.07, 6.45) is 0. The maximum Gasteiger partial charge on any atom is 0.343 e. The van der Waals surface area contributed by atoms with Crippen LogP contribution in [-0.4, -0.2) is 19.7 Å². The summed E-state index contributed by atoms with van der Waals surface area (Å²) in [7, 11) is 1.32. The summed E-state index contributed by atoms with van der Waals surface area (Å²) in [5.74, 6) is 0.587. The van der Waals surface area contributed by atoms with Gasteiger partial charge < -0.3 is 9.47 Å². The van der Waals surface area contributed by atoms with Crippen LogP contribution in [0.15, 0.2) is 18.2 Å². The van der Waals surface area contributed by atoms with Gasteiger partial charge >= 0.3 is 5.97 Å². The quantitative estimate of drug-likeness (QED) is 0.586. The van der Waals surface area contributed by atoms with Crippen molar-refractivity contribution in [2.75, 3.05) is 13.7 Å². The van der Waals surface area contributed by atoms with Crippen molar-refractivity contribution in [3.05, 3.63) is 29.3 Å². The molecule has 4 heteroatoms. The van der Waals surface area contributed by atoms with Gasteiger partial charge in [0.2, 0.25) is 0 Å². The SMILES string of the molecule is COC(=O)COc1cc(C)ccc1CCl. The van der Waals surface area contributed by atoms with E-state index in [-0.39, 0.29) is 6.61 Å². The third-order valence-corrected chi connectivity index (χ3v) is 2.23. The van der Waals surface area contributed by atoms with Gasteiger partial charge in [0, 0.05) is 5.56 Å². The summed E-state index contributed by atoms with van der Waals surface area (Å²) in [6.45, 7) is 1.85. The predicted molar refractivity (Wildman–Crippen MR) is 58.2 cm³/mol. The third kappa shape index (κ3) is 3.44. The van der Waals surface area contributed by atoms with E-state index in [9.17, 15) is 4.79 Å². The van der Waals surface area contributed by atoms with Crippen LogP contribution in [0.4, 0.5) is 0 Å². The second kappa shape index (κ2) is 5.61. The number of carbonyl (C=O) groups is 1. The van der Waals surface area contributed by atoms with Crippen LogP contribution in [0.1, 0.15) is 11.1 Å². The predicted octanol–water partition coefficient (Wildman–Crippen LogP) is 2.29. The number of rotatable bonds is 4. The number of alkyl halides is 1. The van der Waals surface area contributed by atoms with E-state index < -0.39 is 5.97 Å². The average molecular weight is 229 g/mol. The van der Waals surface area contributed by atoms with Crippen LogP contribution in [0.25, 0.3) is 0 Å². The van der Waals surface area contributed by atoms with Crippen molar-refractivity contribution in [1.82, 2.24) is 0 Å². The van der Waals surface area contributed by atoms with Crippen LogP contribution < -0.4 is 4.74 Å². The maximum absolute atomic E-state index is 10.9. The highest BCUT2D eigenvalue weighted by Gasteiger charge is 2.06. The van der Waals surface area contributed by atoms with Gasteiger partial charge in [0.25, 0.3) is 0 Å². The Morgan fingerprint density at radius 3 is 2.80 bits per heavy atom. The molecule has 0 atom stereocenters. The number of halogens is 1. The monoisotopic (exact) mass is 228 g/mol. The summed E-state index contributed by atoms with van der Waals surface area (Å²) in [6, 6.07) is 5.68. The Kier molecular flexibility index (Phi) is 4.43. The lowest BCUT2D eigenvalue weighted by Gasteiger charge is -2.09. The van der Waals surface area contributed by atoms with Gasteiger partial charge in [-0.15, -0.1) is 11.6 Å². The normalized spacial score (nSPS) is 9.80. The van der Waals surface area contributed by atoms with Gasteiger partial charge in [-0.25, -0.2) is 4.79 Å². The number of carbonyl (C=O) groups excluding carboxylic acids is 1. The van der Waals surface area contributed by atoms with Gasteiger partial charge in [0.1, 0.15) is 5.75 Å². The fourth-order valence-electron chi connectivity index (χ4n) is 1.10. The molecule has 0 aromatic heterocycles. The molecule has 0 saturated heterocycles. The van der Waals surface area contributed by atoms with Crippen LogP contribution >= 0.6 is 11.6 Å². The van der Waals surface area contributed by atoms with E-state index in [2.05, 4.69) is 4.74 Å². The maximum atomic E-state index is 10.9. The molecule has 0 spiro atoms.